The Morgan fingerprint density at radius 1 is 0.941 bits per heavy atom. The maximum absolute atomic E-state index is 13.5. The molecular weight excluding hydrogens is 450 g/mol. The number of hydrogen-bond acceptors (Lipinski definition) is 4. The molecule has 0 spiro atoms. The van der Waals surface area contributed by atoms with E-state index in [9.17, 15) is 18.0 Å². The van der Waals surface area contributed by atoms with Crippen molar-refractivity contribution in [2.75, 3.05) is 26.2 Å². The van der Waals surface area contributed by atoms with E-state index in [2.05, 4.69) is 27.7 Å². The van der Waals surface area contributed by atoms with E-state index in [-0.39, 0.29) is 33.6 Å². The normalized spacial score (nSPS) is 26.7. The van der Waals surface area contributed by atoms with Crippen LogP contribution in [0.5, 0.6) is 0 Å². The summed E-state index contributed by atoms with van der Waals surface area (Å²) in [5, 5.41) is 0.282. The number of likely N-dealkylation sites (tertiary alicyclic amines) is 1. The maximum Gasteiger partial charge on any atom is 0.259 e. The molecule has 186 valence electrons. The number of carbonyl (C=O) groups excluding carboxylic acids is 1. The first kappa shape index (κ1) is 24.9. The monoisotopic (exact) mass is 487 g/mol. The summed E-state index contributed by atoms with van der Waals surface area (Å²) in [6.07, 6.45) is 3.71. The number of hydrogen-bond donors (Lipinski definition) is 0. The SMILES string of the molecule is CCn1cc(C(=O)N2C[C@H](C)C[C@H](C)C2)c(=O)c2cc(S(=O)(=O)N3C[C@H](C)C[C@@H](C)C3)ccc21. The van der Waals surface area contributed by atoms with Crippen molar-refractivity contribution in [1.82, 2.24) is 13.8 Å². The Morgan fingerprint density at radius 3 is 2.06 bits per heavy atom. The summed E-state index contributed by atoms with van der Waals surface area (Å²) in [7, 11) is -3.73. The van der Waals surface area contributed by atoms with E-state index in [0.29, 0.717) is 50.1 Å². The Labute approximate surface area is 202 Å². The van der Waals surface area contributed by atoms with Crippen molar-refractivity contribution in [3.63, 3.8) is 0 Å². The molecule has 4 rings (SSSR count). The summed E-state index contributed by atoms with van der Waals surface area (Å²) in [4.78, 5) is 28.8. The molecule has 0 unspecified atom stereocenters. The molecule has 0 radical (unpaired) electrons. The van der Waals surface area contributed by atoms with Crippen molar-refractivity contribution in [3.05, 3.63) is 40.2 Å². The molecule has 34 heavy (non-hydrogen) atoms. The first-order valence-corrected chi connectivity index (χ1v) is 13.9. The number of fused-ring (bicyclic) bond motifs is 1. The lowest BCUT2D eigenvalue weighted by Crippen LogP contribution is -2.44. The fourth-order valence-electron chi connectivity index (χ4n) is 5.90. The Kier molecular flexibility index (Phi) is 6.93. The standard InChI is InChI=1S/C26H37N3O4S/c1-6-27-16-23(26(31)28-12-17(2)9-18(3)13-28)25(30)22-11-21(7-8-24(22)27)34(32,33)29-14-19(4)10-20(5)15-29/h7-8,11,16-20H,6,9-10,12-15H2,1-5H3/t17-,18+,19-,20-/m1/s1. The summed E-state index contributed by atoms with van der Waals surface area (Å²) in [5.74, 6) is 1.07. The zero-order valence-corrected chi connectivity index (χ0v) is 21.8. The second-order valence-corrected chi connectivity index (χ2v) is 12.7. The highest BCUT2D eigenvalue weighted by molar-refractivity contribution is 7.89. The van der Waals surface area contributed by atoms with Gasteiger partial charge in [0.05, 0.1) is 10.4 Å². The molecule has 2 aliphatic rings. The number of pyridine rings is 1. The fraction of sp³-hybridized carbons (Fsp3) is 0.615. The fourth-order valence-corrected chi connectivity index (χ4v) is 7.61. The van der Waals surface area contributed by atoms with Gasteiger partial charge in [0.25, 0.3) is 5.91 Å². The first-order valence-electron chi connectivity index (χ1n) is 12.5. The number of aromatic nitrogens is 1. The number of benzene rings is 1. The highest BCUT2D eigenvalue weighted by Gasteiger charge is 2.33. The molecule has 7 nitrogen and oxygen atoms in total. The number of aryl methyl sites for hydroxylation is 1. The van der Waals surface area contributed by atoms with E-state index in [1.54, 1.807) is 23.2 Å². The van der Waals surface area contributed by atoms with Crippen LogP contribution in [0.15, 0.2) is 34.1 Å². The maximum atomic E-state index is 13.5. The van der Waals surface area contributed by atoms with Crippen LogP contribution in [0.4, 0.5) is 0 Å². The van der Waals surface area contributed by atoms with Crippen molar-refractivity contribution in [3.8, 4) is 0 Å². The van der Waals surface area contributed by atoms with Gasteiger partial charge in [-0.2, -0.15) is 4.31 Å². The van der Waals surface area contributed by atoms with Gasteiger partial charge in [0.2, 0.25) is 15.5 Å². The van der Waals surface area contributed by atoms with Crippen LogP contribution >= 0.6 is 0 Å². The Bertz CT molecular complexity index is 1230. The molecule has 2 fully saturated rings. The van der Waals surface area contributed by atoms with Crippen molar-refractivity contribution in [2.24, 2.45) is 23.7 Å². The summed E-state index contributed by atoms with van der Waals surface area (Å²) < 4.78 is 30.3. The minimum atomic E-state index is -3.73. The molecule has 1 aromatic heterocycles. The summed E-state index contributed by atoms with van der Waals surface area (Å²) in [5.41, 5.74) is 0.363. The van der Waals surface area contributed by atoms with Gasteiger partial charge in [0.1, 0.15) is 5.56 Å². The van der Waals surface area contributed by atoms with Gasteiger partial charge in [0.15, 0.2) is 0 Å². The first-order chi connectivity index (χ1) is 16.0. The number of piperidine rings is 2. The minimum Gasteiger partial charge on any atom is -0.347 e. The van der Waals surface area contributed by atoms with Gasteiger partial charge in [-0.1, -0.05) is 27.7 Å². The molecule has 0 N–H and O–H groups in total. The molecule has 2 aromatic rings. The van der Waals surface area contributed by atoms with Crippen LogP contribution in [-0.4, -0.2) is 54.3 Å². The van der Waals surface area contributed by atoms with Crippen LogP contribution in [0.2, 0.25) is 0 Å². The number of sulfonamides is 1. The van der Waals surface area contributed by atoms with E-state index < -0.39 is 15.5 Å². The van der Waals surface area contributed by atoms with Crippen LogP contribution in [0.1, 0.15) is 57.8 Å². The topological polar surface area (TPSA) is 79.7 Å². The zero-order chi connectivity index (χ0) is 24.8. The molecular formula is C26H37N3O4S. The third-order valence-electron chi connectivity index (χ3n) is 7.25. The lowest BCUT2D eigenvalue weighted by Gasteiger charge is -2.35. The zero-order valence-electron chi connectivity index (χ0n) is 21.0. The summed E-state index contributed by atoms with van der Waals surface area (Å²) >= 11 is 0. The quantitative estimate of drug-likeness (QED) is 0.657. The third-order valence-corrected chi connectivity index (χ3v) is 9.08. The average molecular weight is 488 g/mol. The van der Waals surface area contributed by atoms with E-state index in [4.69, 9.17) is 0 Å². The van der Waals surface area contributed by atoms with Crippen molar-refractivity contribution < 1.29 is 13.2 Å². The molecule has 4 atom stereocenters. The predicted molar refractivity (Wildman–Crippen MR) is 134 cm³/mol. The third kappa shape index (κ3) is 4.67. The van der Waals surface area contributed by atoms with E-state index in [0.717, 1.165) is 12.8 Å². The lowest BCUT2D eigenvalue weighted by molar-refractivity contribution is 0.0621. The average Bonchev–Trinajstić information content (AvgIpc) is 2.77. The minimum absolute atomic E-state index is 0.116. The molecule has 8 heteroatoms. The summed E-state index contributed by atoms with van der Waals surface area (Å²) in [6.45, 7) is 13.1. The highest BCUT2D eigenvalue weighted by atomic mass is 32.2. The van der Waals surface area contributed by atoms with Gasteiger partial charge in [0, 0.05) is 44.3 Å². The predicted octanol–water partition coefficient (Wildman–Crippen LogP) is 3.81. The van der Waals surface area contributed by atoms with Crippen LogP contribution in [0.25, 0.3) is 10.9 Å². The van der Waals surface area contributed by atoms with Crippen LogP contribution in [0, 0.1) is 23.7 Å². The van der Waals surface area contributed by atoms with Crippen molar-refractivity contribution >= 4 is 26.8 Å². The summed E-state index contributed by atoms with van der Waals surface area (Å²) in [6, 6.07) is 4.76. The van der Waals surface area contributed by atoms with E-state index in [1.807, 2.05) is 11.5 Å². The number of carbonyl (C=O) groups is 1. The number of amides is 1. The lowest BCUT2D eigenvalue weighted by atomic mass is 9.91. The smallest absolute Gasteiger partial charge is 0.259 e. The number of rotatable bonds is 4. The van der Waals surface area contributed by atoms with Gasteiger partial charge in [-0.05, 0) is 61.6 Å². The second kappa shape index (κ2) is 9.46. The van der Waals surface area contributed by atoms with Crippen LogP contribution in [-0.2, 0) is 16.6 Å². The van der Waals surface area contributed by atoms with E-state index >= 15 is 0 Å². The molecule has 1 amide bonds. The van der Waals surface area contributed by atoms with Crippen LogP contribution in [0.3, 0.4) is 0 Å². The molecule has 2 aliphatic heterocycles. The van der Waals surface area contributed by atoms with Gasteiger partial charge in [-0.25, -0.2) is 8.42 Å². The molecule has 2 saturated heterocycles. The van der Waals surface area contributed by atoms with Gasteiger partial charge in [-0.15, -0.1) is 0 Å². The highest BCUT2D eigenvalue weighted by Crippen LogP contribution is 2.28. The molecule has 3 heterocycles. The Morgan fingerprint density at radius 2 is 1.50 bits per heavy atom. The van der Waals surface area contributed by atoms with Gasteiger partial charge in [-0.3, -0.25) is 9.59 Å². The van der Waals surface area contributed by atoms with Crippen molar-refractivity contribution in [2.45, 2.75) is 58.9 Å². The molecule has 0 bridgehead atoms. The second-order valence-electron chi connectivity index (χ2n) is 10.8. The van der Waals surface area contributed by atoms with Gasteiger partial charge < -0.3 is 9.47 Å². The number of nitrogens with zero attached hydrogens (tertiary/aromatic N) is 3. The largest absolute Gasteiger partial charge is 0.347 e. The Hall–Kier alpha value is -2.19. The molecule has 0 aliphatic carbocycles. The van der Waals surface area contributed by atoms with Crippen LogP contribution < -0.4 is 5.43 Å². The van der Waals surface area contributed by atoms with E-state index in [1.165, 1.54) is 10.4 Å². The van der Waals surface area contributed by atoms with Gasteiger partial charge >= 0.3 is 0 Å². The van der Waals surface area contributed by atoms with Crippen molar-refractivity contribution in [1.29, 1.82) is 0 Å². The molecule has 0 saturated carbocycles. The Balaban J connectivity index is 1.78. The molecule has 1 aromatic carbocycles.